The van der Waals surface area contributed by atoms with Crippen LogP contribution in [0.5, 0.6) is 5.75 Å². The van der Waals surface area contributed by atoms with Crippen molar-refractivity contribution in [3.05, 3.63) is 54.6 Å². The first-order chi connectivity index (χ1) is 16.6. The highest BCUT2D eigenvalue weighted by atomic mass is 16.7. The average Bonchev–Trinajstić information content (AvgIpc) is 3.05. The number of nitrogens with one attached hydrogen (secondary N) is 2. The van der Waals surface area contributed by atoms with Gasteiger partial charge in [0, 0.05) is 25.9 Å². The standard InChI is InChI=1S/C24H33BN4O6/c1-23(2)24(3,4)35-25(34-23)20(11-14-33-17-9-7-6-8-10-17)29-22(31)19(16-32-5)28-21(30)18-15-26-12-13-27-18/h6-10,12-13,15,19-20H,11,14,16H2,1-5H3,(H,28,30)(H,29,31)/t19-,20+/m1/s1. The Bertz CT molecular complexity index is 960. The summed E-state index contributed by atoms with van der Waals surface area (Å²) in [4.78, 5) is 33.6. The van der Waals surface area contributed by atoms with Crippen LogP contribution in [0.1, 0.15) is 44.6 Å². The van der Waals surface area contributed by atoms with E-state index >= 15 is 0 Å². The molecular formula is C24H33BN4O6. The molecule has 2 heterocycles. The molecule has 2 atom stereocenters. The molecule has 3 rings (SSSR count). The average molecular weight is 484 g/mol. The van der Waals surface area contributed by atoms with Crippen molar-refractivity contribution in [3.63, 3.8) is 0 Å². The van der Waals surface area contributed by atoms with Crippen LogP contribution >= 0.6 is 0 Å². The zero-order chi connectivity index (χ0) is 25.5. The van der Waals surface area contributed by atoms with Crippen LogP contribution in [0.15, 0.2) is 48.9 Å². The Morgan fingerprint density at radius 2 is 1.74 bits per heavy atom. The summed E-state index contributed by atoms with van der Waals surface area (Å²) in [7, 11) is 0.746. The van der Waals surface area contributed by atoms with E-state index in [0.29, 0.717) is 13.0 Å². The third-order valence-corrected chi connectivity index (χ3v) is 6.12. The van der Waals surface area contributed by atoms with Gasteiger partial charge in [0.15, 0.2) is 0 Å². The normalized spacial score (nSPS) is 17.9. The molecular weight excluding hydrogens is 451 g/mol. The van der Waals surface area contributed by atoms with Gasteiger partial charge in [-0.05, 0) is 39.8 Å². The molecule has 1 aromatic carbocycles. The molecule has 2 amide bonds. The largest absolute Gasteiger partial charge is 0.494 e. The molecule has 0 radical (unpaired) electrons. The van der Waals surface area contributed by atoms with Crippen LogP contribution in [0.25, 0.3) is 0 Å². The van der Waals surface area contributed by atoms with Crippen LogP contribution in [-0.4, -0.2) is 72.4 Å². The molecule has 0 spiro atoms. The monoisotopic (exact) mass is 484 g/mol. The number of amides is 2. The number of aromatic nitrogens is 2. The molecule has 1 aromatic heterocycles. The van der Waals surface area contributed by atoms with Gasteiger partial charge in [0.25, 0.3) is 5.91 Å². The van der Waals surface area contributed by atoms with Gasteiger partial charge in [-0.25, -0.2) is 4.98 Å². The Balaban J connectivity index is 1.71. The summed E-state index contributed by atoms with van der Waals surface area (Å²) >= 11 is 0. The van der Waals surface area contributed by atoms with E-state index in [2.05, 4.69) is 20.6 Å². The number of rotatable bonds is 11. The van der Waals surface area contributed by atoms with E-state index in [1.165, 1.54) is 25.7 Å². The Hall–Kier alpha value is -3.02. The van der Waals surface area contributed by atoms with Crippen molar-refractivity contribution in [1.29, 1.82) is 0 Å². The minimum Gasteiger partial charge on any atom is -0.494 e. The first-order valence-corrected chi connectivity index (χ1v) is 11.5. The van der Waals surface area contributed by atoms with Crippen LogP contribution in [0.2, 0.25) is 0 Å². The topological polar surface area (TPSA) is 121 Å². The van der Waals surface area contributed by atoms with Gasteiger partial charge in [-0.1, -0.05) is 18.2 Å². The molecule has 11 heteroatoms. The molecule has 2 N–H and O–H groups in total. The lowest BCUT2D eigenvalue weighted by Crippen LogP contribution is -2.56. The fourth-order valence-corrected chi connectivity index (χ4v) is 3.43. The first-order valence-electron chi connectivity index (χ1n) is 11.5. The highest BCUT2D eigenvalue weighted by Crippen LogP contribution is 2.37. The van der Waals surface area contributed by atoms with E-state index in [-0.39, 0.29) is 12.3 Å². The molecule has 2 aromatic rings. The maximum atomic E-state index is 13.2. The fraction of sp³-hybridized carbons (Fsp3) is 0.500. The van der Waals surface area contributed by atoms with Crippen LogP contribution < -0.4 is 15.4 Å². The van der Waals surface area contributed by atoms with Crippen molar-refractivity contribution in [3.8, 4) is 5.75 Å². The van der Waals surface area contributed by atoms with Gasteiger partial charge < -0.3 is 29.4 Å². The first kappa shape index (κ1) is 26.6. The van der Waals surface area contributed by atoms with E-state index in [9.17, 15) is 9.59 Å². The number of ether oxygens (including phenoxy) is 2. The summed E-state index contributed by atoms with van der Waals surface area (Å²) in [5.41, 5.74) is -1.06. The molecule has 1 fully saturated rings. The maximum Gasteiger partial charge on any atom is 0.481 e. The van der Waals surface area contributed by atoms with Crippen molar-refractivity contribution >= 4 is 18.9 Å². The molecule has 0 bridgehead atoms. The molecule has 0 saturated carbocycles. The highest BCUT2D eigenvalue weighted by molar-refractivity contribution is 6.48. The van der Waals surface area contributed by atoms with Crippen LogP contribution in [0.4, 0.5) is 0 Å². The molecule has 0 aliphatic carbocycles. The van der Waals surface area contributed by atoms with Gasteiger partial charge in [-0.15, -0.1) is 0 Å². The number of carbonyl (C=O) groups is 2. The van der Waals surface area contributed by atoms with Gasteiger partial charge >= 0.3 is 7.12 Å². The Labute approximate surface area is 206 Å². The lowest BCUT2D eigenvalue weighted by Gasteiger charge is -2.32. The summed E-state index contributed by atoms with van der Waals surface area (Å²) in [5.74, 6) is -0.793. The van der Waals surface area contributed by atoms with Crippen LogP contribution in [0, 0.1) is 0 Å². The van der Waals surface area contributed by atoms with Gasteiger partial charge in [-0.3, -0.25) is 14.6 Å². The van der Waals surface area contributed by atoms with Gasteiger partial charge in [0.1, 0.15) is 17.5 Å². The van der Waals surface area contributed by atoms with E-state index in [1.807, 2.05) is 58.0 Å². The molecule has 10 nitrogen and oxygen atoms in total. The van der Waals surface area contributed by atoms with Crippen molar-refractivity contribution in [2.75, 3.05) is 20.3 Å². The minimum atomic E-state index is -0.963. The van der Waals surface area contributed by atoms with Crippen LogP contribution in [0.3, 0.4) is 0 Å². The third kappa shape index (κ3) is 7.00. The van der Waals surface area contributed by atoms with Crippen molar-refractivity contribution in [2.24, 2.45) is 0 Å². The molecule has 1 saturated heterocycles. The van der Waals surface area contributed by atoms with Gasteiger partial charge in [-0.2, -0.15) is 0 Å². The summed E-state index contributed by atoms with van der Waals surface area (Å²) < 4.78 is 23.4. The smallest absolute Gasteiger partial charge is 0.481 e. The van der Waals surface area contributed by atoms with Crippen LogP contribution in [-0.2, 0) is 18.8 Å². The second kappa shape index (κ2) is 11.6. The van der Waals surface area contributed by atoms with Crippen molar-refractivity contribution in [1.82, 2.24) is 20.6 Å². The number of para-hydroxylation sites is 1. The van der Waals surface area contributed by atoms with Gasteiger partial charge in [0.2, 0.25) is 5.91 Å². The van der Waals surface area contributed by atoms with E-state index in [4.69, 9.17) is 18.8 Å². The Morgan fingerprint density at radius 1 is 1.06 bits per heavy atom. The number of hydrogen-bond donors (Lipinski definition) is 2. The third-order valence-electron chi connectivity index (χ3n) is 6.12. The maximum absolute atomic E-state index is 13.2. The highest BCUT2D eigenvalue weighted by Gasteiger charge is 2.54. The summed E-state index contributed by atoms with van der Waals surface area (Å²) in [6.45, 7) is 8.07. The predicted molar refractivity (Wildman–Crippen MR) is 130 cm³/mol. The number of nitrogens with zero attached hydrogens (tertiary/aromatic N) is 2. The Kier molecular flexibility index (Phi) is 8.82. The molecule has 1 aliphatic heterocycles. The molecule has 188 valence electrons. The zero-order valence-electron chi connectivity index (χ0n) is 20.8. The molecule has 35 heavy (non-hydrogen) atoms. The predicted octanol–water partition coefficient (Wildman–Crippen LogP) is 1.81. The SMILES string of the molecule is COC[C@@H](NC(=O)c1cnccn1)C(=O)N[C@@H](CCOc1ccccc1)B1OC(C)(C)C(C)(C)O1. The van der Waals surface area contributed by atoms with E-state index < -0.39 is 42.1 Å². The lowest BCUT2D eigenvalue weighted by atomic mass is 9.76. The van der Waals surface area contributed by atoms with Gasteiger partial charge in [0.05, 0.1) is 36.6 Å². The quantitative estimate of drug-likeness (QED) is 0.464. The van der Waals surface area contributed by atoms with E-state index in [0.717, 1.165) is 5.75 Å². The number of hydrogen-bond acceptors (Lipinski definition) is 8. The molecule has 1 aliphatic rings. The number of methoxy groups -OCH3 is 1. The zero-order valence-corrected chi connectivity index (χ0v) is 20.8. The van der Waals surface area contributed by atoms with Crippen molar-refractivity contribution < 1.29 is 28.4 Å². The second-order valence-electron chi connectivity index (χ2n) is 9.26. The molecule has 0 unspecified atom stereocenters. The van der Waals surface area contributed by atoms with E-state index in [1.54, 1.807) is 0 Å². The summed E-state index contributed by atoms with van der Waals surface area (Å²) in [5, 5.41) is 5.62. The second-order valence-corrected chi connectivity index (χ2v) is 9.26. The lowest BCUT2D eigenvalue weighted by molar-refractivity contribution is -0.124. The fourth-order valence-electron chi connectivity index (χ4n) is 3.43. The minimum absolute atomic E-state index is 0.0333. The number of carbonyl (C=O) groups excluding carboxylic acids is 2. The number of benzene rings is 1. The Morgan fingerprint density at radius 3 is 2.34 bits per heavy atom. The summed E-state index contributed by atoms with van der Waals surface area (Å²) in [6.07, 6.45) is 4.60. The summed E-state index contributed by atoms with van der Waals surface area (Å²) in [6, 6.07) is 8.44. The van der Waals surface area contributed by atoms with Crippen molar-refractivity contribution in [2.45, 2.75) is 57.3 Å².